The number of fused-ring (bicyclic) bond motifs is 18. The highest BCUT2D eigenvalue weighted by Crippen LogP contribution is 2.38. The maximum Gasteiger partial charge on any atom is 0.255 e. The summed E-state index contributed by atoms with van der Waals surface area (Å²) in [7, 11) is 0. The summed E-state index contributed by atoms with van der Waals surface area (Å²) in [6.45, 7) is 23.1. The predicted molar refractivity (Wildman–Crippen MR) is 367 cm³/mol. The molecular formula is C76H96N8O12. The highest BCUT2D eigenvalue weighted by Gasteiger charge is 2.42. The molecule has 0 saturated heterocycles. The highest BCUT2D eigenvalue weighted by molar-refractivity contribution is 6.08. The Bertz CT molecular complexity index is 3350. The van der Waals surface area contributed by atoms with E-state index in [0.29, 0.717) is 73.6 Å². The molecule has 14 bridgehead atoms. The maximum absolute atomic E-state index is 15.0. The van der Waals surface area contributed by atoms with Crippen LogP contribution in [-0.4, -0.2) is 119 Å². The van der Waals surface area contributed by atoms with Gasteiger partial charge in [0.25, 0.3) is 47.3 Å². The maximum atomic E-state index is 15.0. The standard InChI is InChI=1S/C76H96N8O12/c1-37-21-49-65(85)50(22-37)70(88)78-58-34-62(46(10)30-42(58)6)82-74(92)54-26-40(4)28-56-68(54)96-20-18-16-14-13-15-17-19-95-67-53(73(91)81-61-33-57(77-69(49)87)41(5)29-45(61)9)25-39(3)27-55(67)75(93)83-63-35-59(43(7)31-47(63)11)79-71(89)51-23-38(2)24-52(66(51)86)72(90)80-60-36-64(84-76(56)94)48(12)32-44(60)8/h13-18,21-28,41-48,57-64,85-86H,19-20,29-36H2,1-12H3,(H,77,87)(H,78,88)(H,79,89)(H,80,90)(H,81,91)(H,82,92)(H,83,93)(H,84,94)/b14-13+,17-15+,18-16+. The second kappa shape index (κ2) is 29.6. The molecule has 16 atom stereocenters. The predicted octanol–water partition coefficient (Wildman–Crippen LogP) is 9.94. The first-order valence-electron chi connectivity index (χ1n) is 34.3. The largest absolute Gasteiger partial charge is 0.506 e. The molecule has 2 aliphatic heterocycles. The third kappa shape index (κ3) is 15.6. The second-order valence-corrected chi connectivity index (χ2v) is 29.0. The lowest BCUT2D eigenvalue weighted by atomic mass is 9.76. The van der Waals surface area contributed by atoms with Gasteiger partial charge in [0, 0.05) is 48.3 Å². The summed E-state index contributed by atoms with van der Waals surface area (Å²) >= 11 is 0. The summed E-state index contributed by atoms with van der Waals surface area (Å²) in [5, 5.41) is 49.3. The molecule has 0 radical (unpaired) electrons. The molecule has 512 valence electrons. The Kier molecular flexibility index (Phi) is 21.5. The Labute approximate surface area is 563 Å². The number of carbonyl (C=O) groups excluding carboxylic acids is 8. The van der Waals surface area contributed by atoms with Crippen molar-refractivity contribution < 1.29 is 58.0 Å². The smallest absolute Gasteiger partial charge is 0.255 e. The molecule has 10 N–H and O–H groups in total. The minimum atomic E-state index is -0.593. The van der Waals surface area contributed by atoms with Crippen molar-refractivity contribution in [3.05, 3.63) is 152 Å². The van der Waals surface area contributed by atoms with Crippen LogP contribution in [0.15, 0.2) is 85.0 Å². The Morgan fingerprint density at radius 1 is 0.281 bits per heavy atom. The van der Waals surface area contributed by atoms with Gasteiger partial charge in [-0.25, -0.2) is 0 Å². The molecule has 4 aromatic carbocycles. The van der Waals surface area contributed by atoms with Gasteiger partial charge in [-0.1, -0.05) is 79.7 Å². The van der Waals surface area contributed by atoms with E-state index in [-0.39, 0.29) is 117 Å². The minimum Gasteiger partial charge on any atom is -0.506 e. The number of aryl methyl sites for hydroxylation is 4. The first kappa shape index (κ1) is 69.9. The number of benzene rings is 4. The first-order chi connectivity index (χ1) is 45.6. The van der Waals surface area contributed by atoms with E-state index >= 15 is 0 Å². The lowest BCUT2D eigenvalue weighted by Gasteiger charge is -2.40. The lowest BCUT2D eigenvalue weighted by Crippen LogP contribution is -2.53. The van der Waals surface area contributed by atoms with E-state index in [9.17, 15) is 48.6 Å². The number of aromatic hydroxyl groups is 2. The Hall–Kier alpha value is -8.94. The number of carbonyl (C=O) groups is 8. The number of allylic oxidation sites excluding steroid dienone is 4. The van der Waals surface area contributed by atoms with Gasteiger partial charge >= 0.3 is 0 Å². The number of nitrogens with one attached hydrogen (secondary N) is 8. The minimum absolute atomic E-state index is 0.0388. The van der Waals surface area contributed by atoms with E-state index in [1.54, 1.807) is 88.4 Å². The Morgan fingerprint density at radius 2 is 0.458 bits per heavy atom. The average molecular weight is 1310 g/mol. The molecule has 20 heteroatoms. The monoisotopic (exact) mass is 1310 g/mol. The van der Waals surface area contributed by atoms with Gasteiger partial charge in [-0.3, -0.25) is 38.4 Å². The van der Waals surface area contributed by atoms with Crippen LogP contribution in [0.2, 0.25) is 0 Å². The zero-order chi connectivity index (χ0) is 69.1. The summed E-state index contributed by atoms with van der Waals surface area (Å²) in [4.78, 5) is 118. The zero-order valence-corrected chi connectivity index (χ0v) is 57.4. The van der Waals surface area contributed by atoms with Gasteiger partial charge in [0.05, 0.1) is 44.5 Å². The third-order valence-corrected chi connectivity index (χ3v) is 21.2. The SMILES string of the molecule is Cc1cc2c(O)c(c1)C(=O)NC1CC(NC(=O)c3cc(C)cc4c3OC/C=C/C=C/C=C/COc3c(cc(C)cc3C(=O)NC3CC(NC(=O)c5cc(C)cc(c5O)C(=O)NC5CC(NC4=O)C(C)CC5C)C(C)CC3C)C(=O)NC3CC(NC2=O)C(C)CC3C)C(C)CC1C. The molecular weight excluding hydrogens is 1220 g/mol. The van der Waals surface area contributed by atoms with E-state index in [1.165, 1.54) is 24.3 Å². The number of phenolic OH excluding ortho intramolecular Hbond substituents is 2. The van der Waals surface area contributed by atoms with E-state index in [4.69, 9.17) is 9.47 Å². The van der Waals surface area contributed by atoms with Gasteiger partial charge in [0.2, 0.25) is 0 Å². The van der Waals surface area contributed by atoms with Crippen molar-refractivity contribution in [2.75, 3.05) is 13.2 Å². The molecule has 10 rings (SSSR count). The fourth-order valence-corrected chi connectivity index (χ4v) is 15.6. The Balaban J connectivity index is 1.07. The van der Waals surface area contributed by atoms with Crippen LogP contribution in [0.1, 0.15) is 212 Å². The van der Waals surface area contributed by atoms with Gasteiger partial charge in [-0.15, -0.1) is 0 Å². The van der Waals surface area contributed by atoms with Crippen LogP contribution in [0.3, 0.4) is 0 Å². The second-order valence-electron chi connectivity index (χ2n) is 29.0. The van der Waals surface area contributed by atoms with Gasteiger partial charge in [-0.2, -0.15) is 0 Å². The van der Waals surface area contributed by atoms with Crippen molar-refractivity contribution in [1.29, 1.82) is 0 Å². The summed E-state index contributed by atoms with van der Waals surface area (Å²) in [5.41, 5.74) is 2.45. The first-order valence-corrected chi connectivity index (χ1v) is 34.3. The number of amides is 8. The van der Waals surface area contributed by atoms with Crippen LogP contribution in [-0.2, 0) is 0 Å². The quantitative estimate of drug-likeness (QED) is 0.0787. The van der Waals surface area contributed by atoms with Gasteiger partial charge in [0.15, 0.2) is 0 Å². The Morgan fingerprint density at radius 3 is 0.656 bits per heavy atom. The molecule has 4 saturated carbocycles. The topological polar surface area (TPSA) is 292 Å². The zero-order valence-electron chi connectivity index (χ0n) is 57.4. The molecule has 4 fully saturated rings. The number of rotatable bonds is 0. The number of hydrogen-bond donors (Lipinski definition) is 10. The van der Waals surface area contributed by atoms with Crippen LogP contribution in [0.5, 0.6) is 23.0 Å². The number of hydrogen-bond acceptors (Lipinski definition) is 12. The van der Waals surface area contributed by atoms with Crippen LogP contribution >= 0.6 is 0 Å². The van der Waals surface area contributed by atoms with Crippen molar-refractivity contribution in [1.82, 2.24) is 42.5 Å². The van der Waals surface area contributed by atoms with Gasteiger partial charge in [-0.05, 0) is 209 Å². The van der Waals surface area contributed by atoms with Crippen molar-refractivity contribution in [3.8, 4) is 23.0 Å². The van der Waals surface area contributed by atoms with Gasteiger partial charge < -0.3 is 62.2 Å². The van der Waals surface area contributed by atoms with Gasteiger partial charge in [0.1, 0.15) is 36.2 Å². The number of phenols is 2. The van der Waals surface area contributed by atoms with Crippen molar-refractivity contribution in [2.45, 2.75) is 183 Å². The summed E-state index contributed by atoms with van der Waals surface area (Å²) < 4.78 is 13.0. The molecule has 0 aromatic heterocycles. The van der Waals surface area contributed by atoms with Crippen molar-refractivity contribution in [3.63, 3.8) is 0 Å². The molecule has 4 aromatic rings. The summed E-state index contributed by atoms with van der Waals surface area (Å²) in [6.07, 6.45) is 14.2. The fraction of sp³-hybridized carbons (Fsp3) is 0.500. The van der Waals surface area contributed by atoms with E-state index in [2.05, 4.69) is 42.5 Å². The molecule has 0 spiro atoms. The molecule has 96 heavy (non-hydrogen) atoms. The third-order valence-electron chi connectivity index (χ3n) is 21.2. The molecule has 16 unspecified atom stereocenters. The van der Waals surface area contributed by atoms with E-state index in [0.717, 1.165) is 0 Å². The van der Waals surface area contributed by atoms with Crippen LogP contribution in [0.4, 0.5) is 0 Å². The fourth-order valence-electron chi connectivity index (χ4n) is 15.6. The van der Waals surface area contributed by atoms with Crippen LogP contribution < -0.4 is 52.0 Å². The van der Waals surface area contributed by atoms with E-state index < -0.39 is 107 Å². The summed E-state index contributed by atoms with van der Waals surface area (Å²) in [6, 6.07) is 9.07. The van der Waals surface area contributed by atoms with Crippen LogP contribution in [0, 0.1) is 75.0 Å². The molecule has 8 amide bonds. The van der Waals surface area contributed by atoms with Crippen LogP contribution in [0.25, 0.3) is 0 Å². The van der Waals surface area contributed by atoms with E-state index in [1.807, 2.05) is 55.4 Å². The normalized spacial score (nSPS) is 31.4. The van der Waals surface area contributed by atoms with Crippen molar-refractivity contribution >= 4 is 47.3 Å². The molecule has 4 aliphatic carbocycles. The average Bonchev–Trinajstić information content (AvgIpc) is 0.805. The highest BCUT2D eigenvalue weighted by atomic mass is 16.5. The molecule has 2 heterocycles. The van der Waals surface area contributed by atoms with Crippen molar-refractivity contribution in [2.24, 2.45) is 47.3 Å². The number of ether oxygens (including phenoxy) is 2. The molecule has 20 nitrogen and oxygen atoms in total. The lowest BCUT2D eigenvalue weighted by molar-refractivity contribution is 0.0816. The summed E-state index contributed by atoms with van der Waals surface area (Å²) in [5.74, 6) is -5.74. The molecule has 6 aliphatic rings.